The van der Waals surface area contributed by atoms with Gasteiger partial charge in [0.1, 0.15) is 18.6 Å². The number of urea groups is 1. The Labute approximate surface area is 184 Å². The Kier molecular flexibility index (Phi) is 5.21. The molecular weight excluding hydrogens is 416 g/mol. The van der Waals surface area contributed by atoms with Crippen LogP contribution in [0.25, 0.3) is 0 Å². The number of carbonyl (C=O) groups excluding carboxylic acids is 4. The number of nitrogens with one attached hydrogen (secondary N) is 2. The highest BCUT2D eigenvalue weighted by atomic mass is 16.5. The second-order valence-electron chi connectivity index (χ2n) is 7.56. The maximum absolute atomic E-state index is 13.2. The summed E-state index contributed by atoms with van der Waals surface area (Å²) in [6.45, 7) is 0.851. The summed E-state index contributed by atoms with van der Waals surface area (Å²) in [5, 5.41) is 5.36. The van der Waals surface area contributed by atoms with Crippen LogP contribution in [0.2, 0.25) is 0 Å². The molecule has 0 bridgehead atoms. The van der Waals surface area contributed by atoms with Gasteiger partial charge in [0.05, 0.1) is 25.6 Å². The molecule has 2 aromatic carbocycles. The molecule has 1 fully saturated rings. The number of ether oxygens (including phenoxy) is 2. The summed E-state index contributed by atoms with van der Waals surface area (Å²) in [7, 11) is 2.96. The molecular formula is C22H22N4O6. The molecule has 1 atom stereocenters. The summed E-state index contributed by atoms with van der Waals surface area (Å²) in [6, 6.07) is 11.0. The van der Waals surface area contributed by atoms with Gasteiger partial charge >= 0.3 is 6.03 Å². The van der Waals surface area contributed by atoms with Gasteiger partial charge in [-0.25, -0.2) is 4.79 Å². The number of benzene rings is 2. The Hall–Kier alpha value is -4.08. The molecule has 0 saturated carbocycles. The fourth-order valence-electron chi connectivity index (χ4n) is 3.86. The van der Waals surface area contributed by atoms with E-state index >= 15 is 0 Å². The molecule has 32 heavy (non-hydrogen) atoms. The van der Waals surface area contributed by atoms with Gasteiger partial charge in [0, 0.05) is 0 Å². The minimum Gasteiger partial charge on any atom is -0.493 e. The van der Waals surface area contributed by atoms with Gasteiger partial charge in [0.15, 0.2) is 11.5 Å². The van der Waals surface area contributed by atoms with E-state index in [9.17, 15) is 19.2 Å². The van der Waals surface area contributed by atoms with Crippen LogP contribution in [0.15, 0.2) is 42.5 Å². The van der Waals surface area contributed by atoms with E-state index in [2.05, 4.69) is 10.6 Å². The van der Waals surface area contributed by atoms with Gasteiger partial charge in [-0.2, -0.15) is 0 Å². The molecule has 2 aromatic rings. The average Bonchev–Trinajstić information content (AvgIpc) is 3.01. The number of nitrogens with zero attached hydrogens (tertiary/aromatic N) is 2. The molecule has 10 heteroatoms. The molecule has 10 nitrogen and oxygen atoms in total. The predicted octanol–water partition coefficient (Wildman–Crippen LogP) is 1.46. The number of methoxy groups -OCH3 is 2. The smallest absolute Gasteiger partial charge is 0.325 e. The second-order valence-corrected chi connectivity index (χ2v) is 7.56. The first-order valence-electron chi connectivity index (χ1n) is 9.84. The zero-order valence-corrected chi connectivity index (χ0v) is 17.8. The van der Waals surface area contributed by atoms with Crippen molar-refractivity contribution in [3.05, 3.63) is 48.0 Å². The van der Waals surface area contributed by atoms with Crippen molar-refractivity contribution >= 4 is 35.1 Å². The molecule has 0 radical (unpaired) electrons. The van der Waals surface area contributed by atoms with E-state index in [1.807, 2.05) is 0 Å². The Balaban J connectivity index is 1.59. The lowest BCUT2D eigenvalue weighted by atomic mass is 9.91. The fourth-order valence-corrected chi connectivity index (χ4v) is 3.86. The number of fused-ring (bicyclic) bond motifs is 1. The number of para-hydroxylation sites is 2. The highest BCUT2D eigenvalue weighted by molar-refractivity contribution is 6.14. The third-order valence-electron chi connectivity index (χ3n) is 5.60. The number of hydrogen-bond acceptors (Lipinski definition) is 6. The number of amides is 5. The second kappa shape index (κ2) is 7.88. The topological polar surface area (TPSA) is 117 Å². The summed E-state index contributed by atoms with van der Waals surface area (Å²) in [5.41, 5.74) is 0.0797. The Morgan fingerprint density at radius 2 is 1.78 bits per heavy atom. The van der Waals surface area contributed by atoms with Gasteiger partial charge in [-0.15, -0.1) is 0 Å². The molecule has 0 unspecified atom stereocenters. The van der Waals surface area contributed by atoms with Gasteiger partial charge in [-0.05, 0) is 36.8 Å². The highest BCUT2D eigenvalue weighted by Crippen LogP contribution is 2.36. The fraction of sp³-hybridized carbons (Fsp3) is 0.273. The third kappa shape index (κ3) is 3.39. The van der Waals surface area contributed by atoms with Crippen LogP contribution < -0.4 is 25.0 Å². The van der Waals surface area contributed by atoms with Gasteiger partial charge < -0.3 is 20.1 Å². The Morgan fingerprint density at radius 3 is 2.50 bits per heavy atom. The van der Waals surface area contributed by atoms with Crippen LogP contribution in [0.3, 0.4) is 0 Å². The first-order chi connectivity index (χ1) is 15.3. The first-order valence-corrected chi connectivity index (χ1v) is 9.84. The predicted molar refractivity (Wildman–Crippen MR) is 115 cm³/mol. The van der Waals surface area contributed by atoms with Crippen molar-refractivity contribution in [1.29, 1.82) is 0 Å². The molecule has 0 aliphatic carbocycles. The van der Waals surface area contributed by atoms with Crippen LogP contribution in [-0.2, 0) is 19.9 Å². The monoisotopic (exact) mass is 438 g/mol. The van der Waals surface area contributed by atoms with Gasteiger partial charge in [0.25, 0.3) is 5.91 Å². The van der Waals surface area contributed by atoms with E-state index in [0.29, 0.717) is 28.4 Å². The third-order valence-corrected chi connectivity index (χ3v) is 5.60. The van der Waals surface area contributed by atoms with Gasteiger partial charge in [-0.3, -0.25) is 24.2 Å². The lowest BCUT2D eigenvalue weighted by molar-refractivity contribution is -0.134. The van der Waals surface area contributed by atoms with Gasteiger partial charge in [-0.1, -0.05) is 18.2 Å². The maximum Gasteiger partial charge on any atom is 0.325 e. The zero-order chi connectivity index (χ0) is 23.0. The number of rotatable bonds is 5. The van der Waals surface area contributed by atoms with E-state index in [1.165, 1.54) is 19.1 Å². The van der Waals surface area contributed by atoms with Crippen molar-refractivity contribution < 1.29 is 28.7 Å². The van der Waals surface area contributed by atoms with Crippen LogP contribution in [0.1, 0.15) is 12.5 Å². The van der Waals surface area contributed by atoms with Crippen LogP contribution in [-0.4, -0.2) is 56.0 Å². The van der Waals surface area contributed by atoms with Crippen molar-refractivity contribution in [3.63, 3.8) is 0 Å². The largest absolute Gasteiger partial charge is 0.493 e. The quantitative estimate of drug-likeness (QED) is 0.683. The van der Waals surface area contributed by atoms with Crippen molar-refractivity contribution in [2.24, 2.45) is 0 Å². The maximum atomic E-state index is 13.2. The summed E-state index contributed by atoms with van der Waals surface area (Å²) < 4.78 is 10.5. The Bertz CT molecular complexity index is 1130. The van der Waals surface area contributed by atoms with Crippen LogP contribution in [0, 0.1) is 0 Å². The van der Waals surface area contributed by atoms with Crippen LogP contribution >= 0.6 is 0 Å². The number of hydrogen-bond donors (Lipinski definition) is 2. The number of anilines is 2. The van der Waals surface area contributed by atoms with Crippen LogP contribution in [0.5, 0.6) is 11.5 Å². The minimum absolute atomic E-state index is 0.202. The van der Waals surface area contributed by atoms with Crippen molar-refractivity contribution in [1.82, 2.24) is 10.2 Å². The van der Waals surface area contributed by atoms with Crippen molar-refractivity contribution in [2.75, 3.05) is 37.5 Å². The summed E-state index contributed by atoms with van der Waals surface area (Å²) >= 11 is 0. The lowest BCUT2D eigenvalue weighted by Crippen LogP contribution is -2.48. The van der Waals surface area contributed by atoms with E-state index in [-0.39, 0.29) is 12.5 Å². The SMILES string of the molecule is COc1ccc([C@]2(C)NC(=O)N(CC(=O)N3CC(=O)Nc4ccccc43)C2=O)cc1OC. The summed E-state index contributed by atoms with van der Waals surface area (Å²) in [4.78, 5) is 53.1. The number of carbonyl (C=O) groups is 4. The van der Waals surface area contributed by atoms with Crippen LogP contribution in [0.4, 0.5) is 16.2 Å². The molecule has 2 N–H and O–H groups in total. The van der Waals surface area contributed by atoms with E-state index in [0.717, 1.165) is 4.90 Å². The van der Waals surface area contributed by atoms with Crippen molar-refractivity contribution in [2.45, 2.75) is 12.5 Å². The zero-order valence-electron chi connectivity index (χ0n) is 17.8. The molecule has 2 aliphatic heterocycles. The van der Waals surface area contributed by atoms with Crippen molar-refractivity contribution in [3.8, 4) is 11.5 Å². The van der Waals surface area contributed by atoms with Gasteiger partial charge in [0.2, 0.25) is 11.8 Å². The first kappa shape index (κ1) is 21.2. The standard InChI is InChI=1S/C22H22N4O6/c1-22(13-8-9-16(31-2)17(10-13)32-3)20(29)26(21(30)24-22)12-19(28)25-11-18(27)23-14-6-4-5-7-15(14)25/h4-10H,11-12H2,1-3H3,(H,23,27)(H,24,30)/t22-/m0/s1. The molecule has 2 heterocycles. The molecule has 4 rings (SSSR count). The minimum atomic E-state index is -1.39. The molecule has 166 valence electrons. The lowest BCUT2D eigenvalue weighted by Gasteiger charge is -2.30. The van der Waals surface area contributed by atoms with E-state index in [1.54, 1.807) is 49.4 Å². The molecule has 1 saturated heterocycles. The Morgan fingerprint density at radius 1 is 1.06 bits per heavy atom. The molecule has 2 aliphatic rings. The molecule has 0 spiro atoms. The number of imide groups is 1. The van der Waals surface area contributed by atoms with E-state index < -0.39 is 29.9 Å². The summed E-state index contributed by atoms with van der Waals surface area (Å²) in [5.74, 6) is -0.612. The normalized spacial score (nSPS) is 19.9. The molecule has 0 aromatic heterocycles. The highest BCUT2D eigenvalue weighted by Gasteiger charge is 2.50. The summed E-state index contributed by atoms with van der Waals surface area (Å²) in [6.07, 6.45) is 0. The van der Waals surface area contributed by atoms with E-state index in [4.69, 9.17) is 9.47 Å². The average molecular weight is 438 g/mol. The molecule has 5 amide bonds.